The smallest absolute Gasteiger partial charge is 0.178 e. The van der Waals surface area contributed by atoms with Crippen LogP contribution in [0.1, 0.15) is 17.4 Å². The first-order valence-electron chi connectivity index (χ1n) is 7.52. The van der Waals surface area contributed by atoms with Gasteiger partial charge in [0.05, 0.1) is 23.7 Å². The second kappa shape index (κ2) is 8.42. The molecule has 1 aromatic heterocycles. The van der Waals surface area contributed by atoms with E-state index >= 15 is 0 Å². The van der Waals surface area contributed by atoms with Crippen LogP contribution >= 0.6 is 46.4 Å². The Balaban J connectivity index is 1.87. The molecule has 0 aliphatic rings. The van der Waals surface area contributed by atoms with Crippen LogP contribution in [0.15, 0.2) is 55.1 Å². The highest BCUT2D eigenvalue weighted by atomic mass is 35.5. The van der Waals surface area contributed by atoms with Crippen LogP contribution in [-0.2, 0) is 11.3 Å². The summed E-state index contributed by atoms with van der Waals surface area (Å²) in [5.41, 5.74) is 1.46. The molecule has 0 spiro atoms. The lowest BCUT2D eigenvalue weighted by Gasteiger charge is -2.21. The van der Waals surface area contributed by atoms with Gasteiger partial charge in [-0.25, -0.2) is 4.98 Å². The Morgan fingerprint density at radius 2 is 1.73 bits per heavy atom. The summed E-state index contributed by atoms with van der Waals surface area (Å²) in [5.74, 6) is 0. The van der Waals surface area contributed by atoms with Crippen molar-refractivity contribution in [1.29, 1.82) is 5.41 Å². The molecular weight excluding hydrogens is 416 g/mol. The number of aromatic nitrogens is 2. The van der Waals surface area contributed by atoms with E-state index in [4.69, 9.17) is 56.5 Å². The van der Waals surface area contributed by atoms with E-state index in [1.807, 2.05) is 0 Å². The van der Waals surface area contributed by atoms with Crippen molar-refractivity contribution in [3.8, 4) is 0 Å². The van der Waals surface area contributed by atoms with E-state index in [2.05, 4.69) is 4.98 Å². The van der Waals surface area contributed by atoms with E-state index in [0.717, 1.165) is 5.56 Å². The minimum atomic E-state index is -0.733. The molecule has 3 aromatic rings. The van der Waals surface area contributed by atoms with Crippen molar-refractivity contribution in [1.82, 2.24) is 9.55 Å². The van der Waals surface area contributed by atoms with E-state index in [0.29, 0.717) is 25.7 Å². The fourth-order valence-corrected chi connectivity index (χ4v) is 3.35. The molecule has 0 radical (unpaired) electrons. The summed E-state index contributed by atoms with van der Waals surface area (Å²) in [4.78, 5) is 4.03. The predicted molar refractivity (Wildman–Crippen MR) is 106 cm³/mol. The highest BCUT2D eigenvalue weighted by molar-refractivity contribution is 6.37. The minimum Gasteiger partial charge on any atom is -0.347 e. The van der Waals surface area contributed by atoms with Gasteiger partial charge < -0.3 is 9.30 Å². The van der Waals surface area contributed by atoms with E-state index in [9.17, 15) is 0 Å². The monoisotopic (exact) mass is 427 g/mol. The third-order valence-corrected chi connectivity index (χ3v) is 4.81. The van der Waals surface area contributed by atoms with Crippen molar-refractivity contribution in [2.24, 2.45) is 0 Å². The molecule has 1 heterocycles. The molecule has 1 N–H and O–H groups in total. The summed E-state index contributed by atoms with van der Waals surface area (Å²) in [5, 5.41) is 10.5. The van der Waals surface area contributed by atoms with Gasteiger partial charge in [-0.2, -0.15) is 0 Å². The number of rotatable bonds is 6. The van der Waals surface area contributed by atoms with Gasteiger partial charge in [-0.3, -0.25) is 5.41 Å². The number of nitrogens with one attached hydrogen (secondary N) is 1. The molecule has 134 valence electrons. The van der Waals surface area contributed by atoms with Crippen LogP contribution in [0, 0.1) is 5.41 Å². The molecule has 3 rings (SSSR count). The molecule has 26 heavy (non-hydrogen) atoms. The van der Waals surface area contributed by atoms with Gasteiger partial charge in [0.15, 0.2) is 6.23 Å². The summed E-state index contributed by atoms with van der Waals surface area (Å²) in [6.45, 7) is 0.187. The lowest BCUT2D eigenvalue weighted by molar-refractivity contribution is 0.0389. The summed E-state index contributed by atoms with van der Waals surface area (Å²) in [6.07, 6.45) is 4.17. The average Bonchev–Trinajstić information content (AvgIpc) is 3.11. The zero-order valence-electron chi connectivity index (χ0n) is 13.3. The van der Waals surface area contributed by atoms with Crippen molar-refractivity contribution < 1.29 is 4.74 Å². The Kier molecular flexibility index (Phi) is 6.22. The van der Waals surface area contributed by atoms with E-state index in [-0.39, 0.29) is 12.3 Å². The van der Waals surface area contributed by atoms with Crippen LogP contribution in [0.2, 0.25) is 20.1 Å². The molecular formula is C18H13Cl4N3O. The van der Waals surface area contributed by atoms with E-state index < -0.39 is 6.23 Å². The molecule has 2 aromatic carbocycles. The number of imidazole rings is 1. The molecule has 0 fully saturated rings. The molecule has 0 saturated heterocycles. The lowest BCUT2D eigenvalue weighted by Crippen LogP contribution is -2.22. The molecule has 0 aliphatic heterocycles. The second-order valence-electron chi connectivity index (χ2n) is 5.45. The summed E-state index contributed by atoms with van der Waals surface area (Å²) < 4.78 is 7.65. The maximum atomic E-state index is 8.57. The molecule has 0 amide bonds. The fraction of sp³-hybridized carbons (Fsp3) is 0.111. The van der Waals surface area contributed by atoms with Crippen molar-refractivity contribution in [2.75, 3.05) is 0 Å². The van der Waals surface area contributed by atoms with Gasteiger partial charge in [0.25, 0.3) is 0 Å². The van der Waals surface area contributed by atoms with Gasteiger partial charge in [0.2, 0.25) is 0 Å². The summed E-state index contributed by atoms with van der Waals surface area (Å²) in [7, 11) is 0. The lowest BCUT2D eigenvalue weighted by atomic mass is 10.1. The van der Waals surface area contributed by atoms with Crippen molar-refractivity contribution in [3.05, 3.63) is 86.3 Å². The zero-order valence-corrected chi connectivity index (χ0v) is 16.3. The predicted octanol–water partition coefficient (Wildman–Crippen LogP) is 6.28. The summed E-state index contributed by atoms with van der Waals surface area (Å²) in [6, 6.07) is 10.1. The molecule has 0 bridgehead atoms. The van der Waals surface area contributed by atoms with Crippen molar-refractivity contribution in [3.63, 3.8) is 0 Å². The fourth-order valence-electron chi connectivity index (χ4n) is 2.38. The highest BCUT2D eigenvalue weighted by Gasteiger charge is 2.21. The number of hydrogen-bond donors (Lipinski definition) is 1. The van der Waals surface area contributed by atoms with Gasteiger partial charge in [-0.15, -0.1) is 0 Å². The number of benzene rings is 2. The summed E-state index contributed by atoms with van der Waals surface area (Å²) >= 11 is 24.3. The Hall–Kier alpha value is -1.56. The Labute approximate surface area is 170 Å². The SMILES string of the molecule is N=C(c1ccc(Cl)cc1Cl)C(OCc1ccc(Cl)cc1Cl)n1ccnc1. The number of nitrogens with zero attached hydrogens (tertiary/aromatic N) is 2. The Bertz CT molecular complexity index is 928. The molecule has 4 nitrogen and oxygen atoms in total. The van der Waals surface area contributed by atoms with Crippen LogP contribution in [0.3, 0.4) is 0 Å². The zero-order chi connectivity index (χ0) is 18.7. The van der Waals surface area contributed by atoms with Crippen LogP contribution in [0.25, 0.3) is 0 Å². The number of ether oxygens (including phenoxy) is 1. The molecule has 8 heteroatoms. The third-order valence-electron chi connectivity index (χ3n) is 3.68. The number of halogens is 4. The molecule has 0 saturated carbocycles. The highest BCUT2D eigenvalue weighted by Crippen LogP contribution is 2.28. The second-order valence-corrected chi connectivity index (χ2v) is 7.13. The Morgan fingerprint density at radius 3 is 2.35 bits per heavy atom. The number of hydrogen-bond acceptors (Lipinski definition) is 3. The third kappa shape index (κ3) is 4.40. The quantitative estimate of drug-likeness (QED) is 0.469. The Morgan fingerprint density at radius 1 is 1.04 bits per heavy atom. The van der Waals surface area contributed by atoms with Gasteiger partial charge in [0.1, 0.15) is 0 Å². The molecule has 1 atom stereocenters. The standard InChI is InChI=1S/C18H13Cl4N3O/c19-12-2-1-11(15(21)7-12)9-26-18(25-6-5-24-10-25)17(23)14-4-3-13(20)8-16(14)22/h1-8,10,18,23H,9H2. The average molecular weight is 429 g/mol. The van der Waals surface area contributed by atoms with Crippen molar-refractivity contribution in [2.45, 2.75) is 12.8 Å². The molecule has 0 aliphatic carbocycles. The van der Waals surface area contributed by atoms with Crippen LogP contribution in [-0.4, -0.2) is 15.3 Å². The largest absolute Gasteiger partial charge is 0.347 e. The topological polar surface area (TPSA) is 50.9 Å². The van der Waals surface area contributed by atoms with Gasteiger partial charge >= 0.3 is 0 Å². The molecule has 1 unspecified atom stereocenters. The van der Waals surface area contributed by atoms with Crippen LogP contribution in [0.4, 0.5) is 0 Å². The van der Waals surface area contributed by atoms with E-state index in [1.54, 1.807) is 59.7 Å². The first kappa shape index (κ1) is 19.2. The van der Waals surface area contributed by atoms with Crippen LogP contribution < -0.4 is 0 Å². The van der Waals surface area contributed by atoms with Gasteiger partial charge in [-0.1, -0.05) is 58.5 Å². The van der Waals surface area contributed by atoms with E-state index in [1.165, 1.54) is 0 Å². The maximum absolute atomic E-state index is 8.57. The van der Waals surface area contributed by atoms with Crippen molar-refractivity contribution >= 4 is 52.1 Å². The maximum Gasteiger partial charge on any atom is 0.178 e. The normalized spacial score (nSPS) is 12.2. The van der Waals surface area contributed by atoms with Gasteiger partial charge in [-0.05, 0) is 29.8 Å². The first-order valence-corrected chi connectivity index (χ1v) is 9.03. The van der Waals surface area contributed by atoms with Gasteiger partial charge in [0, 0.05) is 33.0 Å². The van der Waals surface area contributed by atoms with Crippen LogP contribution in [0.5, 0.6) is 0 Å². The minimum absolute atomic E-state index is 0.176. The first-order chi connectivity index (χ1) is 12.5.